The van der Waals surface area contributed by atoms with Gasteiger partial charge in [-0.1, -0.05) is 30.4 Å². The van der Waals surface area contributed by atoms with E-state index >= 15 is 0 Å². The van der Waals surface area contributed by atoms with Crippen molar-refractivity contribution in [2.75, 3.05) is 14.1 Å². The smallest absolute Gasteiger partial charge is 0.00894 e. The third-order valence-electron chi connectivity index (χ3n) is 3.49. The number of hydrogen-bond donors (Lipinski definition) is 0. The number of nitrogens with zero attached hydrogens (tertiary/aromatic N) is 1. The summed E-state index contributed by atoms with van der Waals surface area (Å²) < 4.78 is 0. The van der Waals surface area contributed by atoms with Crippen LogP contribution in [-0.2, 0) is 0 Å². The predicted octanol–water partition coefficient (Wildman–Crippen LogP) is 2.97. The molecule has 2 rings (SSSR count). The third kappa shape index (κ3) is 1.63. The molecule has 0 saturated heterocycles. The molecule has 1 saturated carbocycles. The first-order valence-electron chi connectivity index (χ1n) is 5.40. The van der Waals surface area contributed by atoms with Gasteiger partial charge >= 0.3 is 0 Å². The molecule has 0 aromatic rings. The van der Waals surface area contributed by atoms with Crippen LogP contribution in [0, 0.1) is 11.8 Å². The van der Waals surface area contributed by atoms with E-state index in [0.29, 0.717) is 5.92 Å². The molecule has 0 spiro atoms. The highest BCUT2D eigenvalue weighted by Crippen LogP contribution is 2.42. The summed E-state index contributed by atoms with van der Waals surface area (Å²) in [6.45, 7) is 4.17. The fraction of sp³-hybridized carbons (Fsp3) is 0.538. The van der Waals surface area contributed by atoms with Gasteiger partial charge in [0.1, 0.15) is 0 Å². The zero-order valence-electron chi connectivity index (χ0n) is 9.16. The Kier molecular flexibility index (Phi) is 2.49. The Bertz CT molecular complexity index is 296. The maximum absolute atomic E-state index is 4.17. The van der Waals surface area contributed by atoms with Crippen molar-refractivity contribution in [1.82, 2.24) is 4.90 Å². The molecule has 2 aliphatic carbocycles. The fourth-order valence-electron chi connectivity index (χ4n) is 2.53. The summed E-state index contributed by atoms with van der Waals surface area (Å²) in [5.74, 6) is 1.49. The topological polar surface area (TPSA) is 3.24 Å². The van der Waals surface area contributed by atoms with Crippen LogP contribution in [0.3, 0.4) is 0 Å². The third-order valence-corrected chi connectivity index (χ3v) is 3.49. The van der Waals surface area contributed by atoms with Gasteiger partial charge in [-0.05, 0) is 25.2 Å². The first-order chi connectivity index (χ1) is 6.68. The zero-order chi connectivity index (χ0) is 10.1. The van der Waals surface area contributed by atoms with Crippen LogP contribution in [0.25, 0.3) is 0 Å². The highest BCUT2D eigenvalue weighted by atomic mass is 15.1. The maximum Gasteiger partial charge on any atom is 0.00894 e. The van der Waals surface area contributed by atoms with Crippen molar-refractivity contribution in [2.45, 2.75) is 19.3 Å². The lowest BCUT2D eigenvalue weighted by Gasteiger charge is -2.21. The molecular weight excluding hydrogens is 170 g/mol. The van der Waals surface area contributed by atoms with Crippen LogP contribution >= 0.6 is 0 Å². The Balaban J connectivity index is 2.05. The van der Waals surface area contributed by atoms with Crippen LogP contribution in [0.4, 0.5) is 0 Å². The van der Waals surface area contributed by atoms with Gasteiger partial charge < -0.3 is 4.90 Å². The van der Waals surface area contributed by atoms with Gasteiger partial charge in [-0.2, -0.15) is 0 Å². The summed E-state index contributed by atoms with van der Waals surface area (Å²) in [6, 6.07) is 0. The van der Waals surface area contributed by atoms with Gasteiger partial charge in [0.15, 0.2) is 0 Å². The fourth-order valence-corrected chi connectivity index (χ4v) is 2.53. The molecule has 14 heavy (non-hydrogen) atoms. The first kappa shape index (κ1) is 9.57. The summed E-state index contributed by atoms with van der Waals surface area (Å²) in [5.41, 5.74) is 2.93. The minimum absolute atomic E-state index is 0.682. The zero-order valence-corrected chi connectivity index (χ0v) is 9.16. The number of hydrogen-bond acceptors (Lipinski definition) is 1. The van der Waals surface area contributed by atoms with Crippen LogP contribution in [0.15, 0.2) is 36.1 Å². The second-order valence-corrected chi connectivity index (χ2v) is 4.62. The molecule has 2 unspecified atom stereocenters. The highest BCUT2D eigenvalue weighted by molar-refractivity contribution is 5.27. The van der Waals surface area contributed by atoms with Gasteiger partial charge in [-0.15, -0.1) is 0 Å². The molecule has 1 heteroatoms. The molecule has 0 amide bonds. The van der Waals surface area contributed by atoms with Gasteiger partial charge in [-0.25, -0.2) is 0 Å². The van der Waals surface area contributed by atoms with E-state index in [1.807, 2.05) is 0 Å². The van der Waals surface area contributed by atoms with Crippen molar-refractivity contribution in [3.8, 4) is 0 Å². The second kappa shape index (κ2) is 3.64. The van der Waals surface area contributed by atoms with E-state index in [1.54, 1.807) is 5.57 Å². The van der Waals surface area contributed by atoms with Gasteiger partial charge in [-0.3, -0.25) is 0 Å². The lowest BCUT2D eigenvalue weighted by molar-refractivity contribution is 0.411. The molecule has 2 atom stereocenters. The number of allylic oxidation sites excluding steroid dienone is 5. The molecular formula is C13H19N. The summed E-state index contributed by atoms with van der Waals surface area (Å²) in [5, 5.41) is 0. The Morgan fingerprint density at radius 3 is 2.93 bits per heavy atom. The minimum Gasteiger partial charge on any atom is -0.381 e. The van der Waals surface area contributed by atoms with Crippen molar-refractivity contribution in [3.05, 3.63) is 36.1 Å². The van der Waals surface area contributed by atoms with E-state index in [9.17, 15) is 0 Å². The Morgan fingerprint density at radius 2 is 2.29 bits per heavy atom. The van der Waals surface area contributed by atoms with Gasteiger partial charge in [0.2, 0.25) is 0 Å². The van der Waals surface area contributed by atoms with E-state index in [1.165, 1.54) is 25.0 Å². The normalized spacial score (nSPS) is 29.7. The Morgan fingerprint density at radius 1 is 1.50 bits per heavy atom. The monoisotopic (exact) mass is 189 g/mol. The summed E-state index contributed by atoms with van der Waals surface area (Å²) in [7, 11) is 4.19. The number of rotatable bonds is 2. The van der Waals surface area contributed by atoms with Crippen molar-refractivity contribution in [3.63, 3.8) is 0 Å². The molecule has 2 aliphatic rings. The van der Waals surface area contributed by atoms with Crippen molar-refractivity contribution in [1.29, 1.82) is 0 Å². The average molecular weight is 189 g/mol. The highest BCUT2D eigenvalue weighted by Gasteiger charge is 2.31. The van der Waals surface area contributed by atoms with Gasteiger partial charge in [0, 0.05) is 25.7 Å². The predicted molar refractivity (Wildman–Crippen MR) is 60.9 cm³/mol. The molecule has 0 N–H and O–H groups in total. The van der Waals surface area contributed by atoms with Crippen LogP contribution in [-0.4, -0.2) is 19.0 Å². The van der Waals surface area contributed by atoms with Crippen LogP contribution in [0.5, 0.6) is 0 Å². The molecule has 0 aromatic carbocycles. The van der Waals surface area contributed by atoms with Crippen LogP contribution in [0.1, 0.15) is 19.3 Å². The van der Waals surface area contributed by atoms with E-state index in [-0.39, 0.29) is 0 Å². The Labute approximate surface area is 86.8 Å². The molecule has 0 radical (unpaired) electrons. The molecule has 0 heterocycles. The SMILES string of the molecule is C=C(C1CC2=CC=CCC2C1)N(C)C. The van der Waals surface area contributed by atoms with Crippen molar-refractivity contribution in [2.24, 2.45) is 11.8 Å². The minimum atomic E-state index is 0.682. The molecule has 1 fully saturated rings. The standard InChI is InChI=1S/C13H19N/c1-10(14(2)3)13-8-11-6-4-5-7-12(11)9-13/h4-6,12-13H,1,7-9H2,2-3H3. The quantitative estimate of drug-likeness (QED) is 0.645. The van der Waals surface area contributed by atoms with E-state index in [4.69, 9.17) is 0 Å². The largest absolute Gasteiger partial charge is 0.381 e. The molecule has 0 bridgehead atoms. The Hall–Kier alpha value is -0.980. The molecule has 1 nitrogen and oxygen atoms in total. The maximum atomic E-state index is 4.17. The lowest BCUT2D eigenvalue weighted by atomic mass is 9.94. The molecule has 0 aliphatic heterocycles. The second-order valence-electron chi connectivity index (χ2n) is 4.62. The van der Waals surface area contributed by atoms with Crippen molar-refractivity contribution >= 4 is 0 Å². The summed E-state index contributed by atoms with van der Waals surface area (Å²) in [4.78, 5) is 2.16. The molecule has 76 valence electrons. The lowest BCUT2D eigenvalue weighted by Crippen LogP contribution is -2.16. The number of fused-ring (bicyclic) bond motifs is 1. The summed E-state index contributed by atoms with van der Waals surface area (Å²) in [6.07, 6.45) is 10.6. The first-order valence-corrected chi connectivity index (χ1v) is 5.40. The average Bonchev–Trinajstić information content (AvgIpc) is 2.59. The van der Waals surface area contributed by atoms with Gasteiger partial charge in [0.25, 0.3) is 0 Å². The van der Waals surface area contributed by atoms with Gasteiger partial charge in [0.05, 0.1) is 0 Å². The van der Waals surface area contributed by atoms with E-state index in [2.05, 4.69) is 43.8 Å². The van der Waals surface area contributed by atoms with Crippen LogP contribution in [0.2, 0.25) is 0 Å². The summed E-state index contributed by atoms with van der Waals surface area (Å²) >= 11 is 0. The molecule has 0 aromatic heterocycles. The van der Waals surface area contributed by atoms with E-state index in [0.717, 1.165) is 5.92 Å². The van der Waals surface area contributed by atoms with Crippen LogP contribution < -0.4 is 0 Å². The van der Waals surface area contributed by atoms with E-state index < -0.39 is 0 Å². The van der Waals surface area contributed by atoms with Crippen molar-refractivity contribution < 1.29 is 0 Å².